The zero-order chi connectivity index (χ0) is 21.0. The van der Waals surface area contributed by atoms with Crippen molar-refractivity contribution in [2.45, 2.75) is 18.5 Å². The topological polar surface area (TPSA) is 96.7 Å². The number of piperazine rings is 1. The highest BCUT2D eigenvalue weighted by Crippen LogP contribution is 2.28. The summed E-state index contributed by atoms with van der Waals surface area (Å²) in [5, 5.41) is 11.3. The van der Waals surface area contributed by atoms with Crippen molar-refractivity contribution in [2.24, 2.45) is 0 Å². The number of Topliss-reactive ketones (excluding diaryl/α,β-unsaturated/α-hetero) is 1. The summed E-state index contributed by atoms with van der Waals surface area (Å²) in [5.41, 5.74) is 1.64. The number of aldehydes is 1. The largest absolute Gasteiger partial charge is 0.375 e. The van der Waals surface area contributed by atoms with E-state index in [-0.39, 0.29) is 17.4 Å². The molecule has 1 aromatic heterocycles. The van der Waals surface area contributed by atoms with Gasteiger partial charge in [-0.3, -0.25) is 24.6 Å². The molecule has 0 aliphatic carbocycles. The summed E-state index contributed by atoms with van der Waals surface area (Å²) in [6.07, 6.45) is 4.00. The molecule has 0 spiro atoms. The van der Waals surface area contributed by atoms with Crippen LogP contribution in [0, 0.1) is 10.1 Å². The lowest BCUT2D eigenvalue weighted by Crippen LogP contribution is -2.58. The zero-order valence-corrected chi connectivity index (χ0v) is 16.3. The maximum Gasteiger partial charge on any atom is 0.294 e. The molecule has 1 aromatic carbocycles. The lowest BCUT2D eigenvalue weighted by Gasteiger charge is -2.45. The summed E-state index contributed by atoms with van der Waals surface area (Å²) in [7, 11) is 3.62. The molecule has 1 fully saturated rings. The van der Waals surface area contributed by atoms with Gasteiger partial charge >= 0.3 is 0 Å². The Morgan fingerprint density at radius 3 is 2.62 bits per heavy atom. The number of benzene rings is 1. The number of hydrogen-bond acceptors (Lipinski definition) is 7. The third kappa shape index (κ3) is 4.38. The van der Waals surface area contributed by atoms with Crippen LogP contribution in [0.1, 0.15) is 11.3 Å². The Kier molecular flexibility index (Phi) is 6.13. The Bertz CT molecular complexity index is 945. The monoisotopic (exact) mass is 394 g/mol. The minimum atomic E-state index is -0.832. The van der Waals surface area contributed by atoms with Gasteiger partial charge in [0.15, 0.2) is 6.29 Å². The Hall–Kier alpha value is -3.39. The van der Waals surface area contributed by atoms with Crippen LogP contribution < -0.4 is 0 Å². The third-order valence-corrected chi connectivity index (χ3v) is 5.19. The second kappa shape index (κ2) is 8.74. The maximum atomic E-state index is 12.5. The van der Waals surface area contributed by atoms with Crippen molar-refractivity contribution in [1.29, 1.82) is 0 Å². The first-order valence-electron chi connectivity index (χ1n) is 9.19. The fourth-order valence-electron chi connectivity index (χ4n) is 3.69. The molecule has 0 N–H and O–H groups in total. The van der Waals surface area contributed by atoms with Crippen molar-refractivity contribution < 1.29 is 14.5 Å². The van der Waals surface area contributed by atoms with E-state index in [1.54, 1.807) is 7.05 Å². The van der Waals surface area contributed by atoms with Crippen molar-refractivity contribution in [3.63, 3.8) is 0 Å². The van der Waals surface area contributed by atoms with Crippen LogP contribution >= 0.6 is 0 Å². The maximum absolute atomic E-state index is 12.5. The van der Waals surface area contributed by atoms with Gasteiger partial charge in [-0.1, -0.05) is 30.3 Å². The number of ketones is 1. The molecule has 1 aliphatic rings. The van der Waals surface area contributed by atoms with E-state index in [1.165, 1.54) is 24.4 Å². The molecule has 2 aromatic rings. The van der Waals surface area contributed by atoms with Crippen molar-refractivity contribution in [3.05, 3.63) is 75.7 Å². The SMILES string of the molecule is CN1CC(Cc2ccccc2)N(C)C(C(=O)C=O)C1=Cc1ncccc1[N+](=O)[O-]. The lowest BCUT2D eigenvalue weighted by molar-refractivity contribution is -0.385. The molecule has 3 rings (SSSR count). The highest BCUT2D eigenvalue weighted by molar-refractivity contribution is 6.28. The quantitative estimate of drug-likeness (QED) is 0.320. The smallest absolute Gasteiger partial charge is 0.294 e. The molecule has 0 amide bonds. The average molecular weight is 394 g/mol. The fraction of sp³-hybridized carbons (Fsp3) is 0.286. The first kappa shape index (κ1) is 20.3. The molecule has 2 atom stereocenters. The Labute approximate surface area is 168 Å². The molecule has 0 saturated carbocycles. The Morgan fingerprint density at radius 1 is 1.24 bits per heavy atom. The van der Waals surface area contributed by atoms with Crippen molar-refractivity contribution in [3.8, 4) is 0 Å². The standard InChI is InChI=1S/C21H22N4O4/c1-23-13-16(11-15-7-4-3-5-8-15)24(2)21(20(27)14-26)19(23)12-17-18(25(28)29)9-6-10-22-17/h3-10,12,14,16,21H,11,13H2,1-2H3. The predicted molar refractivity (Wildman–Crippen MR) is 108 cm³/mol. The first-order valence-corrected chi connectivity index (χ1v) is 9.19. The van der Waals surface area contributed by atoms with Crippen molar-refractivity contribution >= 4 is 23.8 Å². The number of rotatable bonds is 6. The summed E-state index contributed by atoms with van der Waals surface area (Å²) in [4.78, 5) is 42.5. The van der Waals surface area contributed by atoms with Crippen LogP contribution in [0.3, 0.4) is 0 Å². The zero-order valence-electron chi connectivity index (χ0n) is 16.3. The number of carbonyl (C=O) groups excluding carboxylic acids is 2. The number of nitrogens with zero attached hydrogens (tertiary/aromatic N) is 4. The van der Waals surface area contributed by atoms with Crippen LogP contribution in [-0.4, -0.2) is 64.5 Å². The van der Waals surface area contributed by atoms with Crippen LogP contribution in [0.2, 0.25) is 0 Å². The molecule has 8 nitrogen and oxygen atoms in total. The van der Waals surface area contributed by atoms with Crippen LogP contribution in [0.25, 0.3) is 6.08 Å². The number of hydrogen-bond donors (Lipinski definition) is 0. The van der Waals surface area contributed by atoms with Gasteiger partial charge in [-0.25, -0.2) is 4.98 Å². The van der Waals surface area contributed by atoms with Crippen LogP contribution in [0.4, 0.5) is 5.69 Å². The highest BCUT2D eigenvalue weighted by atomic mass is 16.6. The van der Waals surface area contributed by atoms with Crippen molar-refractivity contribution in [1.82, 2.24) is 14.8 Å². The molecule has 29 heavy (non-hydrogen) atoms. The number of carbonyl (C=O) groups is 2. The molecule has 150 valence electrons. The molecule has 1 aliphatic heterocycles. The molecule has 2 heterocycles. The fourth-order valence-corrected chi connectivity index (χ4v) is 3.69. The highest BCUT2D eigenvalue weighted by Gasteiger charge is 2.38. The van der Waals surface area contributed by atoms with Gasteiger partial charge in [0, 0.05) is 37.6 Å². The van der Waals surface area contributed by atoms with Gasteiger partial charge in [0.1, 0.15) is 11.7 Å². The second-order valence-electron chi connectivity index (χ2n) is 7.05. The molecule has 2 unspecified atom stereocenters. The van der Waals surface area contributed by atoms with E-state index < -0.39 is 16.7 Å². The van der Waals surface area contributed by atoms with Gasteiger partial charge in [0.25, 0.3) is 5.69 Å². The molecular formula is C21H22N4O4. The summed E-state index contributed by atoms with van der Waals surface area (Å²) in [6, 6.07) is 11.9. The molecular weight excluding hydrogens is 372 g/mol. The predicted octanol–water partition coefficient (Wildman–Crippen LogP) is 1.96. The summed E-state index contributed by atoms with van der Waals surface area (Å²) < 4.78 is 0. The van der Waals surface area contributed by atoms with Crippen molar-refractivity contribution in [2.75, 3.05) is 20.6 Å². The van der Waals surface area contributed by atoms with Gasteiger partial charge in [0.05, 0.1) is 4.92 Å². The number of pyridine rings is 1. The number of aromatic nitrogens is 1. The third-order valence-electron chi connectivity index (χ3n) is 5.19. The van der Waals surface area contributed by atoms with E-state index in [9.17, 15) is 19.7 Å². The van der Waals surface area contributed by atoms with Gasteiger partial charge in [0.2, 0.25) is 5.78 Å². The van der Waals surface area contributed by atoms with Crippen LogP contribution in [0.15, 0.2) is 54.4 Å². The van der Waals surface area contributed by atoms with E-state index in [1.807, 2.05) is 47.2 Å². The first-order chi connectivity index (χ1) is 13.9. The minimum absolute atomic E-state index is 0.00725. The van der Waals surface area contributed by atoms with E-state index in [0.717, 1.165) is 5.56 Å². The molecule has 1 saturated heterocycles. The second-order valence-corrected chi connectivity index (χ2v) is 7.05. The van der Waals surface area contributed by atoms with E-state index in [0.29, 0.717) is 24.9 Å². The summed E-state index contributed by atoms with van der Waals surface area (Å²) >= 11 is 0. The summed E-state index contributed by atoms with van der Waals surface area (Å²) in [6.45, 7) is 0.598. The van der Waals surface area contributed by atoms with E-state index in [4.69, 9.17) is 0 Å². The minimum Gasteiger partial charge on any atom is -0.375 e. The van der Waals surface area contributed by atoms with Gasteiger partial charge in [-0.15, -0.1) is 0 Å². The molecule has 0 bridgehead atoms. The van der Waals surface area contributed by atoms with Gasteiger partial charge in [-0.05, 0) is 31.2 Å². The number of nitro groups is 1. The molecule has 0 radical (unpaired) electrons. The Balaban J connectivity index is 1.99. The van der Waals surface area contributed by atoms with Crippen LogP contribution in [0.5, 0.6) is 0 Å². The van der Waals surface area contributed by atoms with Gasteiger partial charge < -0.3 is 4.90 Å². The van der Waals surface area contributed by atoms with Gasteiger partial charge in [-0.2, -0.15) is 0 Å². The normalized spacial score (nSPS) is 21.2. The Morgan fingerprint density at radius 2 is 1.97 bits per heavy atom. The molecule has 8 heteroatoms. The number of likely N-dealkylation sites (N-methyl/N-ethyl adjacent to an activating group) is 2. The van der Waals surface area contributed by atoms with Crippen LogP contribution in [-0.2, 0) is 16.0 Å². The van der Waals surface area contributed by atoms with E-state index in [2.05, 4.69) is 4.98 Å². The summed E-state index contributed by atoms with van der Waals surface area (Å²) in [5.74, 6) is -0.595. The lowest BCUT2D eigenvalue weighted by atomic mass is 9.95. The average Bonchev–Trinajstić information content (AvgIpc) is 2.72. The van der Waals surface area contributed by atoms with E-state index >= 15 is 0 Å².